The predicted molar refractivity (Wildman–Crippen MR) is 77.7 cm³/mol. The Balaban J connectivity index is 1.90. The van der Waals surface area contributed by atoms with Gasteiger partial charge in [0.25, 0.3) is 0 Å². The van der Waals surface area contributed by atoms with Crippen LogP contribution in [0, 0.1) is 0 Å². The SMILES string of the molecule is CCCCCCCCCNCC1CCCS1(=O)=O. The van der Waals surface area contributed by atoms with Gasteiger partial charge in [0.15, 0.2) is 9.84 Å². The zero-order chi connectivity index (χ0) is 13.3. The van der Waals surface area contributed by atoms with Crippen molar-refractivity contribution in [3.8, 4) is 0 Å². The quantitative estimate of drug-likeness (QED) is 0.624. The molecule has 0 radical (unpaired) electrons. The van der Waals surface area contributed by atoms with E-state index in [0.29, 0.717) is 12.3 Å². The molecule has 0 saturated carbocycles. The summed E-state index contributed by atoms with van der Waals surface area (Å²) in [4.78, 5) is 0. The average molecular weight is 275 g/mol. The maximum atomic E-state index is 11.6. The molecule has 1 saturated heterocycles. The van der Waals surface area contributed by atoms with Gasteiger partial charge in [-0.15, -0.1) is 0 Å². The number of sulfone groups is 1. The summed E-state index contributed by atoms with van der Waals surface area (Å²) in [6, 6.07) is 0. The molecule has 0 aromatic heterocycles. The lowest BCUT2D eigenvalue weighted by Gasteiger charge is -2.10. The van der Waals surface area contributed by atoms with E-state index in [9.17, 15) is 8.42 Å². The zero-order valence-corrected chi connectivity index (χ0v) is 12.6. The lowest BCUT2D eigenvalue weighted by molar-refractivity contribution is 0.546. The molecule has 1 rings (SSSR count). The summed E-state index contributed by atoms with van der Waals surface area (Å²) >= 11 is 0. The molecule has 3 nitrogen and oxygen atoms in total. The molecule has 1 aliphatic rings. The van der Waals surface area contributed by atoms with Crippen LogP contribution >= 0.6 is 0 Å². The van der Waals surface area contributed by atoms with Crippen molar-refractivity contribution in [2.75, 3.05) is 18.8 Å². The molecular formula is C14H29NO2S. The number of unbranched alkanes of at least 4 members (excludes halogenated alkanes) is 6. The molecule has 1 heterocycles. The molecule has 4 heteroatoms. The van der Waals surface area contributed by atoms with E-state index in [1.54, 1.807) is 0 Å². The fourth-order valence-corrected chi connectivity index (χ4v) is 4.36. The highest BCUT2D eigenvalue weighted by Gasteiger charge is 2.30. The molecule has 18 heavy (non-hydrogen) atoms. The minimum atomic E-state index is -2.76. The number of nitrogens with one attached hydrogen (secondary N) is 1. The van der Waals surface area contributed by atoms with E-state index < -0.39 is 9.84 Å². The van der Waals surface area contributed by atoms with Gasteiger partial charge < -0.3 is 5.32 Å². The van der Waals surface area contributed by atoms with Gasteiger partial charge in [-0.3, -0.25) is 0 Å². The van der Waals surface area contributed by atoms with Crippen molar-refractivity contribution in [2.24, 2.45) is 0 Å². The summed E-state index contributed by atoms with van der Waals surface area (Å²) in [6.07, 6.45) is 10.9. The van der Waals surface area contributed by atoms with E-state index >= 15 is 0 Å². The summed E-state index contributed by atoms with van der Waals surface area (Å²) in [5.41, 5.74) is 0. The van der Waals surface area contributed by atoms with Crippen LogP contribution in [0.2, 0.25) is 0 Å². The Bertz CT molecular complexity index is 301. The first-order chi connectivity index (χ1) is 8.67. The van der Waals surface area contributed by atoms with Crippen LogP contribution in [0.3, 0.4) is 0 Å². The molecule has 108 valence electrons. The van der Waals surface area contributed by atoms with E-state index in [4.69, 9.17) is 0 Å². The molecule has 0 spiro atoms. The van der Waals surface area contributed by atoms with Gasteiger partial charge in [0, 0.05) is 6.54 Å². The molecule has 1 unspecified atom stereocenters. The van der Waals surface area contributed by atoms with Crippen LogP contribution < -0.4 is 5.32 Å². The minimum absolute atomic E-state index is 0.109. The molecule has 0 amide bonds. The standard InChI is InChI=1S/C14H29NO2S/c1-2-3-4-5-6-7-8-11-15-13-14-10-9-12-18(14,16)17/h14-15H,2-13H2,1H3. The average Bonchev–Trinajstić information content (AvgIpc) is 2.66. The fraction of sp³-hybridized carbons (Fsp3) is 1.00. The maximum Gasteiger partial charge on any atom is 0.154 e. The van der Waals surface area contributed by atoms with E-state index in [1.807, 2.05) is 0 Å². The highest BCUT2D eigenvalue weighted by atomic mass is 32.2. The van der Waals surface area contributed by atoms with Crippen LogP contribution in [0.15, 0.2) is 0 Å². The van der Waals surface area contributed by atoms with Crippen molar-refractivity contribution in [1.29, 1.82) is 0 Å². The first-order valence-electron chi connectivity index (χ1n) is 7.59. The summed E-state index contributed by atoms with van der Waals surface area (Å²) in [5.74, 6) is 0.400. The molecule has 1 N–H and O–H groups in total. The molecule has 1 fully saturated rings. The number of hydrogen-bond acceptors (Lipinski definition) is 3. The number of hydrogen-bond donors (Lipinski definition) is 1. The Labute approximate surface area is 113 Å². The Morgan fingerprint density at radius 2 is 1.72 bits per heavy atom. The molecule has 0 bridgehead atoms. The smallest absolute Gasteiger partial charge is 0.154 e. The van der Waals surface area contributed by atoms with Crippen molar-refractivity contribution >= 4 is 9.84 Å². The number of rotatable bonds is 10. The molecular weight excluding hydrogens is 246 g/mol. The second-order valence-corrected chi connectivity index (χ2v) is 7.86. The van der Waals surface area contributed by atoms with E-state index in [1.165, 1.54) is 44.9 Å². The lowest BCUT2D eigenvalue weighted by atomic mass is 10.1. The second kappa shape index (κ2) is 8.92. The maximum absolute atomic E-state index is 11.6. The van der Waals surface area contributed by atoms with E-state index in [-0.39, 0.29) is 5.25 Å². The van der Waals surface area contributed by atoms with Gasteiger partial charge in [0.05, 0.1) is 11.0 Å². The van der Waals surface area contributed by atoms with Gasteiger partial charge >= 0.3 is 0 Å². The Hall–Kier alpha value is -0.0900. The first kappa shape index (κ1) is 16.0. The topological polar surface area (TPSA) is 46.2 Å². The molecule has 0 aliphatic carbocycles. The Morgan fingerprint density at radius 3 is 2.33 bits per heavy atom. The van der Waals surface area contributed by atoms with Gasteiger partial charge in [-0.25, -0.2) is 8.42 Å². The molecule has 0 aromatic rings. The van der Waals surface area contributed by atoms with Crippen molar-refractivity contribution < 1.29 is 8.42 Å². The van der Waals surface area contributed by atoms with Gasteiger partial charge in [-0.2, -0.15) is 0 Å². The molecule has 0 aromatic carbocycles. The third-order valence-electron chi connectivity index (χ3n) is 3.79. The van der Waals surface area contributed by atoms with Crippen molar-refractivity contribution in [3.05, 3.63) is 0 Å². The summed E-state index contributed by atoms with van der Waals surface area (Å²) in [6.45, 7) is 3.87. The van der Waals surface area contributed by atoms with Gasteiger partial charge in [0.1, 0.15) is 0 Å². The largest absolute Gasteiger partial charge is 0.315 e. The normalized spacial score (nSPS) is 22.4. The minimum Gasteiger partial charge on any atom is -0.315 e. The van der Waals surface area contributed by atoms with Crippen molar-refractivity contribution in [2.45, 2.75) is 70.0 Å². The summed E-state index contributed by atoms with van der Waals surface area (Å²) in [5, 5.41) is 3.20. The van der Waals surface area contributed by atoms with Crippen LogP contribution in [0.4, 0.5) is 0 Å². The second-order valence-electron chi connectivity index (χ2n) is 5.46. The third kappa shape index (κ3) is 6.19. The molecule has 1 atom stereocenters. The van der Waals surface area contributed by atoms with E-state index in [0.717, 1.165) is 19.4 Å². The first-order valence-corrected chi connectivity index (χ1v) is 9.30. The van der Waals surface area contributed by atoms with Crippen LogP contribution in [0.5, 0.6) is 0 Å². The van der Waals surface area contributed by atoms with Crippen LogP contribution in [0.1, 0.15) is 64.7 Å². The third-order valence-corrected chi connectivity index (χ3v) is 6.07. The van der Waals surface area contributed by atoms with Crippen LogP contribution in [-0.4, -0.2) is 32.5 Å². The summed E-state index contributed by atoms with van der Waals surface area (Å²) in [7, 11) is -2.76. The fourth-order valence-electron chi connectivity index (χ4n) is 2.56. The predicted octanol–water partition coefficient (Wildman–Crippen LogP) is 2.90. The highest BCUT2D eigenvalue weighted by Crippen LogP contribution is 2.18. The Morgan fingerprint density at radius 1 is 1.06 bits per heavy atom. The Kier molecular flexibility index (Phi) is 7.91. The van der Waals surface area contributed by atoms with Gasteiger partial charge in [0.2, 0.25) is 0 Å². The van der Waals surface area contributed by atoms with Crippen molar-refractivity contribution in [1.82, 2.24) is 5.32 Å². The van der Waals surface area contributed by atoms with Crippen LogP contribution in [-0.2, 0) is 9.84 Å². The molecule has 1 aliphatic heterocycles. The monoisotopic (exact) mass is 275 g/mol. The van der Waals surface area contributed by atoms with E-state index in [2.05, 4.69) is 12.2 Å². The van der Waals surface area contributed by atoms with Gasteiger partial charge in [-0.1, -0.05) is 45.4 Å². The lowest BCUT2D eigenvalue weighted by Crippen LogP contribution is -2.31. The summed E-state index contributed by atoms with van der Waals surface area (Å²) < 4.78 is 23.2. The highest BCUT2D eigenvalue weighted by molar-refractivity contribution is 7.92. The van der Waals surface area contributed by atoms with Crippen molar-refractivity contribution in [3.63, 3.8) is 0 Å². The van der Waals surface area contributed by atoms with Gasteiger partial charge in [-0.05, 0) is 25.8 Å². The zero-order valence-electron chi connectivity index (χ0n) is 11.8. The van der Waals surface area contributed by atoms with Crippen LogP contribution in [0.25, 0.3) is 0 Å².